The largest absolute Gasteiger partial charge is 0.383 e. The maximum absolute atomic E-state index is 4.99. The molecule has 0 bridgehead atoms. The Hall–Kier alpha value is -0.900. The molecule has 0 aliphatic carbocycles. The summed E-state index contributed by atoms with van der Waals surface area (Å²) in [5.41, 5.74) is 4.06. The van der Waals surface area contributed by atoms with E-state index in [1.165, 1.54) is 16.7 Å². The second-order valence-electron chi connectivity index (χ2n) is 4.90. The number of methoxy groups -OCH3 is 1. The number of rotatable bonds is 8. The Morgan fingerprint density at radius 2 is 2.00 bits per heavy atom. The van der Waals surface area contributed by atoms with E-state index in [4.69, 9.17) is 4.74 Å². The van der Waals surface area contributed by atoms with Crippen LogP contribution in [-0.2, 0) is 11.3 Å². The van der Waals surface area contributed by atoms with Crippen molar-refractivity contribution in [3.8, 4) is 0 Å². The van der Waals surface area contributed by atoms with Crippen molar-refractivity contribution in [3.63, 3.8) is 0 Å². The lowest BCUT2D eigenvalue weighted by atomic mass is 10.1. The normalized spacial score (nSPS) is 12.7. The van der Waals surface area contributed by atoms with E-state index >= 15 is 0 Å². The van der Waals surface area contributed by atoms with E-state index in [1.807, 2.05) is 0 Å². The highest BCUT2D eigenvalue weighted by Crippen LogP contribution is 2.09. The van der Waals surface area contributed by atoms with Crippen LogP contribution in [0.1, 0.15) is 23.6 Å². The highest BCUT2D eigenvalue weighted by atomic mass is 16.5. The predicted octanol–water partition coefficient (Wildman–Crippen LogP) is 2.02. The zero-order valence-electron chi connectivity index (χ0n) is 12.0. The number of aryl methyl sites for hydroxylation is 2. The smallest absolute Gasteiger partial charge is 0.0587 e. The van der Waals surface area contributed by atoms with E-state index in [2.05, 4.69) is 49.6 Å². The Kier molecular flexibility index (Phi) is 6.94. The van der Waals surface area contributed by atoms with Crippen molar-refractivity contribution < 1.29 is 4.74 Å². The highest BCUT2D eigenvalue weighted by Gasteiger charge is 2.01. The van der Waals surface area contributed by atoms with Crippen molar-refractivity contribution >= 4 is 0 Å². The van der Waals surface area contributed by atoms with E-state index in [-0.39, 0.29) is 0 Å². The van der Waals surface area contributed by atoms with Crippen LogP contribution in [0.5, 0.6) is 0 Å². The average Bonchev–Trinajstić information content (AvgIpc) is 2.36. The van der Waals surface area contributed by atoms with E-state index in [0.717, 1.165) is 26.2 Å². The third-order valence-electron chi connectivity index (χ3n) is 3.16. The Labute approximate surface area is 111 Å². The van der Waals surface area contributed by atoms with Gasteiger partial charge in [0.2, 0.25) is 0 Å². The minimum absolute atomic E-state index is 0.462. The molecule has 0 aliphatic heterocycles. The van der Waals surface area contributed by atoms with E-state index < -0.39 is 0 Å². The van der Waals surface area contributed by atoms with Gasteiger partial charge in [-0.3, -0.25) is 0 Å². The lowest BCUT2D eigenvalue weighted by Crippen LogP contribution is -2.37. The first-order valence-electron chi connectivity index (χ1n) is 6.62. The van der Waals surface area contributed by atoms with Crippen LogP contribution >= 0.6 is 0 Å². The molecule has 0 saturated heterocycles. The molecule has 18 heavy (non-hydrogen) atoms. The molecule has 0 heterocycles. The molecule has 0 saturated carbocycles. The maximum Gasteiger partial charge on any atom is 0.0587 e. The summed E-state index contributed by atoms with van der Waals surface area (Å²) in [5.74, 6) is 0. The van der Waals surface area contributed by atoms with Crippen molar-refractivity contribution in [3.05, 3.63) is 34.9 Å². The van der Waals surface area contributed by atoms with E-state index in [1.54, 1.807) is 7.11 Å². The van der Waals surface area contributed by atoms with Gasteiger partial charge in [-0.25, -0.2) is 0 Å². The third-order valence-corrected chi connectivity index (χ3v) is 3.16. The fraction of sp³-hybridized carbons (Fsp3) is 0.600. The summed E-state index contributed by atoms with van der Waals surface area (Å²) in [7, 11) is 1.73. The zero-order chi connectivity index (χ0) is 13.4. The summed E-state index contributed by atoms with van der Waals surface area (Å²) in [6.07, 6.45) is 0. The molecule has 0 spiro atoms. The van der Waals surface area contributed by atoms with Gasteiger partial charge in [-0.1, -0.05) is 18.2 Å². The van der Waals surface area contributed by atoms with E-state index in [9.17, 15) is 0 Å². The molecule has 3 heteroatoms. The summed E-state index contributed by atoms with van der Waals surface area (Å²) >= 11 is 0. The SMILES string of the molecule is COCCNCC(C)NCc1ccc(C)c(C)c1. The fourth-order valence-corrected chi connectivity index (χ4v) is 1.77. The van der Waals surface area contributed by atoms with Gasteiger partial charge in [0.15, 0.2) is 0 Å². The summed E-state index contributed by atoms with van der Waals surface area (Å²) in [4.78, 5) is 0. The first-order valence-corrected chi connectivity index (χ1v) is 6.62. The Morgan fingerprint density at radius 1 is 1.22 bits per heavy atom. The van der Waals surface area contributed by atoms with Crippen molar-refractivity contribution in [2.75, 3.05) is 26.8 Å². The molecular formula is C15H26N2O. The van der Waals surface area contributed by atoms with Crippen LogP contribution in [0.25, 0.3) is 0 Å². The molecular weight excluding hydrogens is 224 g/mol. The molecule has 2 N–H and O–H groups in total. The molecule has 1 rings (SSSR count). The topological polar surface area (TPSA) is 33.3 Å². The Bertz CT molecular complexity index is 352. The van der Waals surface area contributed by atoms with Crippen LogP contribution in [0.2, 0.25) is 0 Å². The summed E-state index contributed by atoms with van der Waals surface area (Å²) < 4.78 is 4.99. The second kappa shape index (κ2) is 8.25. The molecule has 0 radical (unpaired) electrons. The first kappa shape index (κ1) is 15.2. The third kappa shape index (κ3) is 5.63. The molecule has 1 atom stereocenters. The van der Waals surface area contributed by atoms with Gasteiger partial charge in [0.25, 0.3) is 0 Å². The molecule has 0 aliphatic rings. The molecule has 0 fully saturated rings. The number of benzene rings is 1. The minimum Gasteiger partial charge on any atom is -0.383 e. The molecule has 3 nitrogen and oxygen atoms in total. The van der Waals surface area contributed by atoms with Gasteiger partial charge in [-0.05, 0) is 37.5 Å². The van der Waals surface area contributed by atoms with Crippen molar-refractivity contribution in [2.45, 2.75) is 33.4 Å². The molecule has 1 unspecified atom stereocenters. The van der Waals surface area contributed by atoms with Gasteiger partial charge >= 0.3 is 0 Å². The van der Waals surface area contributed by atoms with Gasteiger partial charge in [-0.2, -0.15) is 0 Å². The summed E-state index contributed by atoms with van der Waals surface area (Å²) in [5, 5.41) is 6.87. The van der Waals surface area contributed by atoms with Gasteiger partial charge in [0.1, 0.15) is 0 Å². The summed E-state index contributed by atoms with van der Waals surface area (Å²) in [6, 6.07) is 7.10. The van der Waals surface area contributed by atoms with Crippen LogP contribution in [-0.4, -0.2) is 32.8 Å². The van der Waals surface area contributed by atoms with Gasteiger partial charge in [0.05, 0.1) is 6.61 Å². The van der Waals surface area contributed by atoms with Gasteiger partial charge < -0.3 is 15.4 Å². The van der Waals surface area contributed by atoms with Crippen LogP contribution in [0, 0.1) is 13.8 Å². The lowest BCUT2D eigenvalue weighted by Gasteiger charge is -2.15. The highest BCUT2D eigenvalue weighted by molar-refractivity contribution is 5.29. The molecule has 1 aromatic carbocycles. The molecule has 102 valence electrons. The van der Waals surface area contributed by atoms with Crippen molar-refractivity contribution in [1.29, 1.82) is 0 Å². The van der Waals surface area contributed by atoms with Crippen molar-refractivity contribution in [2.24, 2.45) is 0 Å². The summed E-state index contributed by atoms with van der Waals surface area (Å²) in [6.45, 7) is 10.1. The second-order valence-corrected chi connectivity index (χ2v) is 4.90. The minimum atomic E-state index is 0.462. The van der Waals surface area contributed by atoms with Crippen LogP contribution in [0.3, 0.4) is 0 Å². The molecule has 1 aromatic rings. The quantitative estimate of drug-likeness (QED) is 0.693. The van der Waals surface area contributed by atoms with Crippen LogP contribution < -0.4 is 10.6 Å². The number of hydrogen-bond acceptors (Lipinski definition) is 3. The number of ether oxygens (including phenoxy) is 1. The Morgan fingerprint density at radius 3 is 2.67 bits per heavy atom. The average molecular weight is 250 g/mol. The maximum atomic E-state index is 4.99. The fourth-order valence-electron chi connectivity index (χ4n) is 1.77. The first-order chi connectivity index (χ1) is 8.63. The van der Waals surface area contributed by atoms with E-state index in [0.29, 0.717) is 6.04 Å². The van der Waals surface area contributed by atoms with Gasteiger partial charge in [-0.15, -0.1) is 0 Å². The van der Waals surface area contributed by atoms with Crippen LogP contribution in [0.4, 0.5) is 0 Å². The molecule has 0 amide bonds. The van der Waals surface area contributed by atoms with Crippen LogP contribution in [0.15, 0.2) is 18.2 Å². The van der Waals surface area contributed by atoms with Gasteiger partial charge in [0, 0.05) is 32.8 Å². The Balaban J connectivity index is 2.24. The zero-order valence-corrected chi connectivity index (χ0v) is 12.0. The number of hydrogen-bond donors (Lipinski definition) is 2. The lowest BCUT2D eigenvalue weighted by molar-refractivity contribution is 0.198. The molecule has 0 aromatic heterocycles. The van der Waals surface area contributed by atoms with Crippen molar-refractivity contribution in [1.82, 2.24) is 10.6 Å². The predicted molar refractivity (Wildman–Crippen MR) is 77.0 cm³/mol. The monoisotopic (exact) mass is 250 g/mol. The standard InChI is InChI=1S/C15H26N2O/c1-12-5-6-15(9-13(12)2)11-17-14(3)10-16-7-8-18-4/h5-6,9,14,16-17H,7-8,10-11H2,1-4H3. The number of nitrogens with one attached hydrogen (secondary N) is 2.